The Morgan fingerprint density at radius 1 is 1.04 bits per heavy atom. The summed E-state index contributed by atoms with van der Waals surface area (Å²) in [4.78, 5) is 11.5. The van der Waals surface area contributed by atoms with Gasteiger partial charge in [-0.25, -0.2) is 4.79 Å². The van der Waals surface area contributed by atoms with Crippen molar-refractivity contribution in [3.63, 3.8) is 0 Å². The molecular formula is C21H33ClO5Si. The normalized spacial score (nSPS) is 12.4. The number of rotatable bonds is 15. The second-order valence-corrected chi connectivity index (χ2v) is 9.59. The predicted octanol–water partition coefficient (Wildman–Crippen LogP) is 5.81. The van der Waals surface area contributed by atoms with E-state index in [9.17, 15) is 9.90 Å². The molecule has 1 N–H and O–H groups in total. The number of benzene rings is 1. The number of carbonyl (C=O) groups is 1. The highest BCUT2D eigenvalue weighted by atomic mass is 35.5. The first kappa shape index (κ1) is 24.9. The van der Waals surface area contributed by atoms with E-state index in [-0.39, 0.29) is 0 Å². The number of hydrogen-bond acceptors (Lipinski definition) is 4. The Morgan fingerprint density at radius 3 is 2.18 bits per heavy atom. The molecule has 0 aliphatic heterocycles. The lowest BCUT2D eigenvalue weighted by Crippen LogP contribution is -2.45. The van der Waals surface area contributed by atoms with E-state index in [4.69, 9.17) is 24.9 Å². The summed E-state index contributed by atoms with van der Waals surface area (Å²) in [6.45, 7) is 7.63. The second kappa shape index (κ2) is 13.9. The van der Waals surface area contributed by atoms with Gasteiger partial charge in [0.15, 0.2) is 0 Å². The Hall–Kier alpha value is -1.18. The van der Waals surface area contributed by atoms with Crippen LogP contribution in [0.3, 0.4) is 0 Å². The van der Waals surface area contributed by atoms with Crippen LogP contribution in [0, 0.1) is 0 Å². The first-order chi connectivity index (χ1) is 13.5. The van der Waals surface area contributed by atoms with Crippen molar-refractivity contribution >= 4 is 32.5 Å². The molecule has 7 heteroatoms. The molecule has 0 saturated carbocycles. The lowest BCUT2D eigenvalue weighted by molar-refractivity contribution is -0.132. The van der Waals surface area contributed by atoms with Crippen LogP contribution in [0.15, 0.2) is 29.8 Å². The zero-order chi connectivity index (χ0) is 20.8. The topological polar surface area (TPSA) is 65.0 Å². The summed E-state index contributed by atoms with van der Waals surface area (Å²) in [5.41, 5.74) is 1.22. The van der Waals surface area contributed by atoms with Crippen LogP contribution in [-0.2, 0) is 18.1 Å². The number of aliphatic carboxylic acids is 1. The van der Waals surface area contributed by atoms with Crippen LogP contribution >= 0.6 is 11.6 Å². The standard InChI is InChI=1S/C21H33ClO5Si/c1-4-25-28(26-5-2,27-6-3)15-10-8-7-9-13-19(21(23)24)16-18-12-11-14-20(22)17-18/h11-12,14,16-17H,4-10,13,15H2,1-3H3,(H,23,24)/b19-16+. The van der Waals surface area contributed by atoms with Crippen LogP contribution < -0.4 is 0 Å². The van der Waals surface area contributed by atoms with Gasteiger partial charge < -0.3 is 18.4 Å². The molecule has 1 aromatic carbocycles. The summed E-state index contributed by atoms with van der Waals surface area (Å²) < 4.78 is 17.6. The van der Waals surface area contributed by atoms with Gasteiger partial charge in [0.25, 0.3) is 0 Å². The molecule has 0 heterocycles. The van der Waals surface area contributed by atoms with E-state index in [0.29, 0.717) is 36.8 Å². The molecule has 0 amide bonds. The van der Waals surface area contributed by atoms with Gasteiger partial charge in [0.2, 0.25) is 0 Å². The summed E-state index contributed by atoms with van der Waals surface area (Å²) in [5, 5.41) is 10.0. The van der Waals surface area contributed by atoms with Crippen molar-refractivity contribution in [2.45, 2.75) is 58.9 Å². The Bertz CT molecular complexity index is 604. The molecule has 0 radical (unpaired) electrons. The van der Waals surface area contributed by atoms with Crippen LogP contribution in [0.2, 0.25) is 11.1 Å². The van der Waals surface area contributed by atoms with Crippen LogP contribution in [0.1, 0.15) is 58.4 Å². The van der Waals surface area contributed by atoms with Crippen molar-refractivity contribution in [2.75, 3.05) is 19.8 Å². The lowest BCUT2D eigenvalue weighted by atomic mass is 10.0. The summed E-state index contributed by atoms with van der Waals surface area (Å²) in [6.07, 6.45) is 5.96. The summed E-state index contributed by atoms with van der Waals surface area (Å²) in [7, 11) is -2.57. The molecule has 0 aliphatic rings. The van der Waals surface area contributed by atoms with E-state index in [0.717, 1.165) is 37.3 Å². The highest BCUT2D eigenvalue weighted by Crippen LogP contribution is 2.22. The molecule has 158 valence electrons. The Balaban J connectivity index is 2.48. The van der Waals surface area contributed by atoms with Gasteiger partial charge in [0.1, 0.15) is 0 Å². The van der Waals surface area contributed by atoms with Crippen molar-refractivity contribution in [3.8, 4) is 0 Å². The van der Waals surface area contributed by atoms with E-state index in [1.165, 1.54) is 0 Å². The third-order valence-electron chi connectivity index (χ3n) is 4.24. The fourth-order valence-corrected chi connectivity index (χ4v) is 5.93. The molecule has 0 unspecified atom stereocenters. The highest BCUT2D eigenvalue weighted by molar-refractivity contribution is 6.60. The SMILES string of the molecule is CCO[Si](CCCCCC/C(=C\c1cccc(Cl)c1)C(=O)O)(OCC)OCC. The third-order valence-corrected chi connectivity index (χ3v) is 7.62. The van der Waals surface area contributed by atoms with E-state index in [2.05, 4.69) is 0 Å². The Labute approximate surface area is 175 Å². The van der Waals surface area contributed by atoms with Gasteiger partial charge in [0.05, 0.1) is 0 Å². The van der Waals surface area contributed by atoms with Gasteiger partial charge >= 0.3 is 14.8 Å². The van der Waals surface area contributed by atoms with Gasteiger partial charge in [-0.2, -0.15) is 0 Å². The van der Waals surface area contributed by atoms with Crippen LogP contribution in [0.25, 0.3) is 6.08 Å². The predicted molar refractivity (Wildman–Crippen MR) is 116 cm³/mol. The maximum atomic E-state index is 11.5. The van der Waals surface area contributed by atoms with Crippen LogP contribution in [0.5, 0.6) is 0 Å². The summed E-state index contributed by atoms with van der Waals surface area (Å²) >= 11 is 5.97. The molecule has 0 aliphatic carbocycles. The van der Waals surface area contributed by atoms with Crippen molar-refractivity contribution in [1.82, 2.24) is 0 Å². The van der Waals surface area contributed by atoms with E-state index in [1.54, 1.807) is 18.2 Å². The first-order valence-electron chi connectivity index (χ1n) is 10.1. The van der Waals surface area contributed by atoms with Crippen molar-refractivity contribution < 1.29 is 23.2 Å². The lowest BCUT2D eigenvalue weighted by Gasteiger charge is -2.28. The van der Waals surface area contributed by atoms with Gasteiger partial charge in [-0.1, -0.05) is 36.6 Å². The largest absolute Gasteiger partial charge is 0.500 e. The van der Waals surface area contributed by atoms with Gasteiger partial charge in [-0.15, -0.1) is 0 Å². The number of carboxylic acid groups (broad SMARTS) is 1. The molecule has 0 atom stereocenters. The third kappa shape index (κ3) is 9.34. The van der Waals surface area contributed by atoms with Crippen LogP contribution in [0.4, 0.5) is 0 Å². The quantitative estimate of drug-likeness (QED) is 0.217. The molecule has 28 heavy (non-hydrogen) atoms. The van der Waals surface area contributed by atoms with Gasteiger partial charge in [-0.3, -0.25) is 0 Å². The van der Waals surface area contributed by atoms with E-state index < -0.39 is 14.8 Å². The van der Waals surface area contributed by atoms with Gasteiger partial charge in [0, 0.05) is 36.5 Å². The molecule has 0 saturated heterocycles. The summed E-state index contributed by atoms with van der Waals surface area (Å²) in [5.74, 6) is -0.879. The minimum absolute atomic E-state index is 0.406. The smallest absolute Gasteiger partial charge is 0.478 e. The number of unbranched alkanes of at least 4 members (excludes halogenated alkanes) is 3. The number of hydrogen-bond donors (Lipinski definition) is 1. The average Bonchev–Trinajstić information content (AvgIpc) is 2.64. The monoisotopic (exact) mass is 428 g/mol. The van der Waals surface area contributed by atoms with Crippen molar-refractivity contribution in [3.05, 3.63) is 40.4 Å². The Morgan fingerprint density at radius 2 is 1.64 bits per heavy atom. The van der Waals surface area contributed by atoms with Crippen LogP contribution in [-0.4, -0.2) is 39.7 Å². The van der Waals surface area contributed by atoms with Gasteiger partial charge in [-0.05, 0) is 63.8 Å². The fourth-order valence-electron chi connectivity index (χ4n) is 3.05. The molecule has 0 bridgehead atoms. The Kier molecular flexibility index (Phi) is 12.3. The average molecular weight is 429 g/mol. The fraction of sp³-hybridized carbons (Fsp3) is 0.571. The maximum Gasteiger partial charge on any atom is 0.500 e. The number of halogens is 1. The first-order valence-corrected chi connectivity index (χ1v) is 12.4. The van der Waals surface area contributed by atoms with Crippen molar-refractivity contribution in [2.24, 2.45) is 0 Å². The second-order valence-electron chi connectivity index (χ2n) is 6.43. The molecule has 0 fully saturated rings. The molecular weight excluding hydrogens is 396 g/mol. The molecule has 1 rings (SSSR count). The molecule has 0 spiro atoms. The summed E-state index contributed by atoms with van der Waals surface area (Å²) in [6, 6.07) is 8.01. The molecule has 0 aromatic heterocycles. The van der Waals surface area contributed by atoms with E-state index >= 15 is 0 Å². The minimum Gasteiger partial charge on any atom is -0.478 e. The number of carboxylic acids is 1. The highest BCUT2D eigenvalue weighted by Gasteiger charge is 2.39. The van der Waals surface area contributed by atoms with E-state index in [1.807, 2.05) is 32.9 Å². The zero-order valence-electron chi connectivity index (χ0n) is 17.2. The minimum atomic E-state index is -2.57. The molecule has 5 nitrogen and oxygen atoms in total. The maximum absolute atomic E-state index is 11.5. The van der Waals surface area contributed by atoms with Crippen molar-refractivity contribution in [1.29, 1.82) is 0 Å². The molecule has 1 aromatic rings. The zero-order valence-corrected chi connectivity index (χ0v) is 19.0.